The van der Waals surface area contributed by atoms with Gasteiger partial charge in [0.05, 0.1) is 31.3 Å². The van der Waals surface area contributed by atoms with Crippen molar-refractivity contribution in [3.05, 3.63) is 28.8 Å². The van der Waals surface area contributed by atoms with Gasteiger partial charge in [-0.3, -0.25) is 0 Å². The average molecular weight is 297 g/mol. The van der Waals surface area contributed by atoms with E-state index in [2.05, 4.69) is 13.8 Å². The van der Waals surface area contributed by atoms with E-state index in [9.17, 15) is 0 Å². The normalized spacial score (nSPS) is 22.8. The molecule has 2 atom stereocenters. The Kier molecular flexibility index (Phi) is 6.18. The summed E-state index contributed by atoms with van der Waals surface area (Å²) in [4.78, 5) is 1.78. The Morgan fingerprint density at radius 2 is 2.20 bits per heavy atom. The number of hydrogen-bond acceptors (Lipinski definition) is 1. The largest absolute Gasteiger partial charge is 0.492 e. The number of ether oxygens (including phenoxy) is 1. The predicted molar refractivity (Wildman–Crippen MR) is 84.9 cm³/mol. The number of aryl methyl sites for hydroxylation is 1. The average Bonchev–Trinajstić information content (AvgIpc) is 2.42. The van der Waals surface area contributed by atoms with E-state index in [1.165, 1.54) is 44.5 Å². The Hall–Kier alpha value is -0.730. The minimum atomic E-state index is 0.714. The molecular formula is C17H27ClNO+. The number of nitrogens with one attached hydrogen (secondary N) is 1. The molecule has 112 valence electrons. The first-order chi connectivity index (χ1) is 9.65. The number of piperidine rings is 1. The maximum Gasteiger partial charge on any atom is 0.138 e. The number of unbranched alkanes of at least 4 members (excludes halogenated alkanes) is 1. The maximum atomic E-state index is 6.12. The molecule has 1 aliphatic rings. The summed E-state index contributed by atoms with van der Waals surface area (Å²) in [7, 11) is 0. The number of rotatable bonds is 6. The van der Waals surface area contributed by atoms with E-state index in [0.29, 0.717) is 5.02 Å². The van der Waals surface area contributed by atoms with Gasteiger partial charge in [0.25, 0.3) is 0 Å². The van der Waals surface area contributed by atoms with Crippen LogP contribution in [0.3, 0.4) is 0 Å². The van der Waals surface area contributed by atoms with Crippen LogP contribution in [0.25, 0.3) is 0 Å². The van der Waals surface area contributed by atoms with Crippen LogP contribution in [0.2, 0.25) is 5.02 Å². The molecule has 1 saturated heterocycles. The Bertz CT molecular complexity index is 421. The number of hydrogen-bond donors (Lipinski definition) is 1. The highest BCUT2D eigenvalue weighted by molar-refractivity contribution is 6.32. The molecule has 1 N–H and O–H groups in total. The van der Waals surface area contributed by atoms with Crippen molar-refractivity contribution in [3.8, 4) is 5.75 Å². The van der Waals surface area contributed by atoms with Crippen LogP contribution in [0, 0.1) is 12.8 Å². The van der Waals surface area contributed by atoms with Crippen molar-refractivity contribution in [3.63, 3.8) is 0 Å². The molecule has 0 saturated carbocycles. The van der Waals surface area contributed by atoms with Gasteiger partial charge in [-0.2, -0.15) is 0 Å². The summed E-state index contributed by atoms with van der Waals surface area (Å²) < 4.78 is 5.79. The molecule has 1 aromatic carbocycles. The third kappa shape index (κ3) is 4.99. The Balaban J connectivity index is 1.63. The number of benzene rings is 1. The summed E-state index contributed by atoms with van der Waals surface area (Å²) >= 11 is 6.12. The molecule has 1 aliphatic heterocycles. The summed E-state index contributed by atoms with van der Waals surface area (Å²) in [6, 6.07) is 5.93. The zero-order valence-corrected chi connectivity index (χ0v) is 13.5. The van der Waals surface area contributed by atoms with Gasteiger partial charge in [-0.25, -0.2) is 0 Å². The van der Waals surface area contributed by atoms with Crippen LogP contribution in [-0.2, 0) is 0 Å². The SMILES string of the molecule is Cc1ccc(Cl)c(OCCCC[NH+]2CCC[C@@H](C)C2)c1. The van der Waals surface area contributed by atoms with Gasteiger partial charge in [-0.1, -0.05) is 24.6 Å². The van der Waals surface area contributed by atoms with Gasteiger partial charge in [-0.05, 0) is 50.3 Å². The molecular weight excluding hydrogens is 270 g/mol. The van der Waals surface area contributed by atoms with Crippen LogP contribution in [0.15, 0.2) is 18.2 Å². The van der Waals surface area contributed by atoms with Gasteiger partial charge < -0.3 is 9.64 Å². The van der Waals surface area contributed by atoms with Gasteiger partial charge >= 0.3 is 0 Å². The molecule has 0 amide bonds. The number of quaternary nitrogens is 1. The molecule has 0 radical (unpaired) electrons. The summed E-state index contributed by atoms with van der Waals surface area (Å²) in [6.45, 7) is 9.20. The van der Waals surface area contributed by atoms with Crippen LogP contribution in [0.4, 0.5) is 0 Å². The second kappa shape index (κ2) is 7.90. The molecule has 2 nitrogen and oxygen atoms in total. The van der Waals surface area contributed by atoms with E-state index in [-0.39, 0.29) is 0 Å². The molecule has 1 heterocycles. The second-order valence-electron chi connectivity index (χ2n) is 6.19. The molecule has 20 heavy (non-hydrogen) atoms. The van der Waals surface area contributed by atoms with Crippen molar-refractivity contribution in [2.45, 2.75) is 39.5 Å². The van der Waals surface area contributed by atoms with Gasteiger partial charge in [0.2, 0.25) is 0 Å². The van der Waals surface area contributed by atoms with Crippen molar-refractivity contribution < 1.29 is 9.64 Å². The lowest BCUT2D eigenvalue weighted by Gasteiger charge is -2.27. The Morgan fingerprint density at radius 1 is 1.35 bits per heavy atom. The number of likely N-dealkylation sites (tertiary alicyclic amines) is 1. The van der Waals surface area contributed by atoms with Gasteiger partial charge in [0, 0.05) is 5.92 Å². The molecule has 3 heteroatoms. The predicted octanol–water partition coefficient (Wildman–Crippen LogP) is 3.12. The van der Waals surface area contributed by atoms with Crippen molar-refractivity contribution in [2.24, 2.45) is 5.92 Å². The maximum absolute atomic E-state index is 6.12. The summed E-state index contributed by atoms with van der Waals surface area (Å²) in [5, 5.41) is 0.714. The first kappa shape index (κ1) is 15.7. The lowest BCUT2D eigenvalue weighted by Crippen LogP contribution is -3.13. The van der Waals surface area contributed by atoms with Gasteiger partial charge in [0.1, 0.15) is 5.75 Å². The molecule has 0 bridgehead atoms. The lowest BCUT2D eigenvalue weighted by atomic mass is 10.0. The molecule has 1 unspecified atom stereocenters. The smallest absolute Gasteiger partial charge is 0.138 e. The van der Waals surface area contributed by atoms with E-state index < -0.39 is 0 Å². The topological polar surface area (TPSA) is 13.7 Å². The zero-order chi connectivity index (χ0) is 14.4. The quantitative estimate of drug-likeness (QED) is 0.796. The lowest BCUT2D eigenvalue weighted by molar-refractivity contribution is -0.908. The number of halogens is 1. The zero-order valence-electron chi connectivity index (χ0n) is 12.8. The highest BCUT2D eigenvalue weighted by Gasteiger charge is 2.18. The minimum Gasteiger partial charge on any atom is -0.492 e. The molecule has 2 rings (SSSR count). The van der Waals surface area contributed by atoms with Crippen LogP contribution < -0.4 is 9.64 Å². The molecule has 1 fully saturated rings. The van der Waals surface area contributed by atoms with E-state index in [1.807, 2.05) is 18.2 Å². The first-order valence-corrected chi connectivity index (χ1v) is 8.25. The standard InChI is InChI=1S/C17H26ClNO/c1-14-7-8-16(18)17(12-14)20-11-4-3-9-19-10-5-6-15(2)13-19/h7-8,12,15H,3-6,9-11,13H2,1-2H3/p+1/t15-/m1/s1. The van der Waals surface area contributed by atoms with Crippen LogP contribution >= 0.6 is 11.6 Å². The third-order valence-electron chi connectivity index (χ3n) is 4.13. The van der Waals surface area contributed by atoms with Crippen molar-refractivity contribution >= 4 is 11.6 Å². The fourth-order valence-electron chi connectivity index (χ4n) is 3.00. The molecule has 0 aliphatic carbocycles. The first-order valence-electron chi connectivity index (χ1n) is 7.87. The minimum absolute atomic E-state index is 0.714. The second-order valence-corrected chi connectivity index (χ2v) is 6.60. The van der Waals surface area contributed by atoms with Crippen LogP contribution in [0.1, 0.15) is 38.2 Å². The van der Waals surface area contributed by atoms with Gasteiger partial charge in [0.15, 0.2) is 0 Å². The summed E-state index contributed by atoms with van der Waals surface area (Å²) in [6.07, 6.45) is 5.16. The monoisotopic (exact) mass is 296 g/mol. The van der Waals surface area contributed by atoms with E-state index in [1.54, 1.807) is 4.90 Å². The highest BCUT2D eigenvalue weighted by atomic mass is 35.5. The van der Waals surface area contributed by atoms with Crippen molar-refractivity contribution in [2.75, 3.05) is 26.2 Å². The molecule has 1 aromatic rings. The molecule has 0 spiro atoms. The van der Waals surface area contributed by atoms with Crippen LogP contribution in [-0.4, -0.2) is 26.2 Å². The summed E-state index contributed by atoms with van der Waals surface area (Å²) in [5.74, 6) is 1.73. The van der Waals surface area contributed by atoms with Crippen molar-refractivity contribution in [1.29, 1.82) is 0 Å². The van der Waals surface area contributed by atoms with E-state index in [4.69, 9.17) is 16.3 Å². The van der Waals surface area contributed by atoms with E-state index in [0.717, 1.165) is 24.7 Å². The summed E-state index contributed by atoms with van der Waals surface area (Å²) in [5.41, 5.74) is 1.19. The van der Waals surface area contributed by atoms with E-state index >= 15 is 0 Å². The fourth-order valence-corrected chi connectivity index (χ4v) is 3.18. The Morgan fingerprint density at radius 3 is 3.00 bits per heavy atom. The van der Waals surface area contributed by atoms with Crippen LogP contribution in [0.5, 0.6) is 5.75 Å². The highest BCUT2D eigenvalue weighted by Crippen LogP contribution is 2.25. The van der Waals surface area contributed by atoms with Gasteiger partial charge in [-0.15, -0.1) is 0 Å². The molecule has 0 aromatic heterocycles. The fraction of sp³-hybridized carbons (Fsp3) is 0.647. The van der Waals surface area contributed by atoms with Crippen molar-refractivity contribution in [1.82, 2.24) is 0 Å². The Labute approximate surface area is 128 Å². The third-order valence-corrected chi connectivity index (χ3v) is 4.45.